The Balaban J connectivity index is 1.32. The third-order valence-corrected chi connectivity index (χ3v) is 5.03. The summed E-state index contributed by atoms with van der Waals surface area (Å²) in [5.74, 6) is 0.911. The lowest BCUT2D eigenvalue weighted by atomic mass is 10.1. The van der Waals surface area contributed by atoms with Gasteiger partial charge >= 0.3 is 0 Å². The Bertz CT molecular complexity index is 927. The van der Waals surface area contributed by atoms with Crippen LogP contribution in [-0.2, 0) is 11.3 Å². The van der Waals surface area contributed by atoms with Crippen LogP contribution in [0.5, 0.6) is 5.75 Å². The molecule has 1 fully saturated rings. The Hall–Kier alpha value is -2.79. The number of hydrogen-bond acceptors (Lipinski definition) is 3. The molecule has 1 amide bonds. The van der Waals surface area contributed by atoms with Gasteiger partial charge in [0.1, 0.15) is 12.4 Å². The minimum Gasteiger partial charge on any atom is -0.492 e. The number of carbonyl (C=O) groups is 1. The van der Waals surface area contributed by atoms with E-state index in [0.29, 0.717) is 13.2 Å². The molecule has 0 aliphatic heterocycles. The van der Waals surface area contributed by atoms with Gasteiger partial charge in [-0.15, -0.1) is 0 Å². The van der Waals surface area contributed by atoms with E-state index in [1.165, 1.54) is 0 Å². The number of anilines is 1. The average Bonchev–Trinajstić information content (AvgIpc) is 3.30. The average molecular weight is 382 g/mol. The number of halogens is 1. The van der Waals surface area contributed by atoms with Crippen molar-refractivity contribution in [3.05, 3.63) is 77.6 Å². The summed E-state index contributed by atoms with van der Waals surface area (Å²) in [5.41, 5.74) is 1.79. The van der Waals surface area contributed by atoms with Crippen molar-refractivity contribution < 1.29 is 9.53 Å². The van der Waals surface area contributed by atoms with Crippen molar-refractivity contribution in [3.63, 3.8) is 0 Å². The molecule has 27 heavy (non-hydrogen) atoms. The van der Waals surface area contributed by atoms with Gasteiger partial charge in [0.25, 0.3) is 0 Å². The van der Waals surface area contributed by atoms with Gasteiger partial charge in [-0.25, -0.2) is 0 Å². The number of carbonyl (C=O) groups excluding carboxylic acids is 1. The van der Waals surface area contributed by atoms with Crippen LogP contribution in [-0.4, -0.2) is 22.3 Å². The minimum atomic E-state index is -0.0331. The summed E-state index contributed by atoms with van der Waals surface area (Å²) in [6, 6.07) is 17.1. The van der Waals surface area contributed by atoms with Crippen LogP contribution in [0.25, 0.3) is 0 Å². The first-order valence-electron chi connectivity index (χ1n) is 8.96. The van der Waals surface area contributed by atoms with E-state index in [-0.39, 0.29) is 17.7 Å². The molecule has 2 atom stereocenters. The van der Waals surface area contributed by atoms with Crippen molar-refractivity contribution in [2.75, 3.05) is 11.9 Å². The normalized spacial score (nSPS) is 18.1. The van der Waals surface area contributed by atoms with Crippen LogP contribution in [0.1, 0.15) is 17.9 Å². The summed E-state index contributed by atoms with van der Waals surface area (Å²) in [5, 5.41) is 7.85. The summed E-state index contributed by atoms with van der Waals surface area (Å²) in [4.78, 5) is 12.5. The maximum absolute atomic E-state index is 12.5. The summed E-state index contributed by atoms with van der Waals surface area (Å²) >= 11 is 6.24. The summed E-state index contributed by atoms with van der Waals surface area (Å²) in [6.07, 6.45) is 4.46. The molecule has 0 saturated heterocycles. The van der Waals surface area contributed by atoms with E-state index < -0.39 is 0 Å². The highest BCUT2D eigenvalue weighted by Gasteiger charge is 2.44. The van der Waals surface area contributed by atoms with Crippen molar-refractivity contribution in [1.82, 2.24) is 9.78 Å². The fourth-order valence-electron chi connectivity index (χ4n) is 3.19. The van der Waals surface area contributed by atoms with E-state index in [2.05, 4.69) is 10.4 Å². The van der Waals surface area contributed by atoms with Crippen LogP contribution in [0.3, 0.4) is 0 Å². The molecule has 138 valence electrons. The van der Waals surface area contributed by atoms with Gasteiger partial charge in [-0.05, 0) is 42.2 Å². The minimum absolute atomic E-state index is 0.0219. The predicted octanol–water partition coefficient (Wildman–Crippen LogP) is 4.36. The molecule has 1 aromatic heterocycles. The van der Waals surface area contributed by atoms with Crippen molar-refractivity contribution in [3.8, 4) is 5.75 Å². The third kappa shape index (κ3) is 4.31. The van der Waals surface area contributed by atoms with Gasteiger partial charge in [0.2, 0.25) is 5.91 Å². The van der Waals surface area contributed by atoms with Crippen molar-refractivity contribution in [2.24, 2.45) is 5.92 Å². The Morgan fingerprint density at radius 1 is 1.22 bits per heavy atom. The first-order valence-corrected chi connectivity index (χ1v) is 9.34. The molecule has 0 spiro atoms. The molecule has 2 unspecified atom stereocenters. The van der Waals surface area contributed by atoms with Gasteiger partial charge in [0.05, 0.1) is 6.54 Å². The van der Waals surface area contributed by atoms with Crippen LogP contribution in [0.2, 0.25) is 5.02 Å². The van der Waals surface area contributed by atoms with Crippen LogP contribution in [0, 0.1) is 5.92 Å². The molecule has 2 aromatic carbocycles. The van der Waals surface area contributed by atoms with E-state index in [4.69, 9.17) is 16.3 Å². The first-order chi connectivity index (χ1) is 13.2. The van der Waals surface area contributed by atoms with Crippen LogP contribution in [0.15, 0.2) is 67.0 Å². The number of rotatable bonds is 7. The zero-order valence-corrected chi connectivity index (χ0v) is 15.5. The standard InChI is InChI=1S/C21H20ClN3O2/c22-20-8-2-1-7-17(20)18-14-19(18)21(26)24-15-5-3-6-16(13-15)27-12-11-25-10-4-9-23-25/h1-10,13,18-19H,11-12,14H2,(H,24,26). The van der Waals surface area contributed by atoms with Gasteiger partial charge in [0.15, 0.2) is 0 Å². The fraction of sp³-hybridized carbons (Fsp3) is 0.238. The molecule has 1 heterocycles. The van der Waals surface area contributed by atoms with Gasteiger partial charge in [-0.2, -0.15) is 5.10 Å². The molecule has 5 nitrogen and oxygen atoms in total. The number of nitrogens with one attached hydrogen (secondary N) is 1. The molecular weight excluding hydrogens is 362 g/mol. The largest absolute Gasteiger partial charge is 0.492 e. The molecule has 4 rings (SSSR count). The SMILES string of the molecule is O=C(Nc1cccc(OCCn2cccn2)c1)C1CC1c1ccccc1Cl. The molecule has 1 aliphatic rings. The van der Waals surface area contributed by atoms with E-state index in [9.17, 15) is 4.79 Å². The predicted molar refractivity (Wildman–Crippen MR) is 105 cm³/mol. The molecule has 0 bridgehead atoms. The highest BCUT2D eigenvalue weighted by molar-refractivity contribution is 6.31. The van der Waals surface area contributed by atoms with E-state index in [1.807, 2.05) is 65.5 Å². The number of hydrogen-bond donors (Lipinski definition) is 1. The summed E-state index contributed by atoms with van der Waals surface area (Å²) in [6.45, 7) is 1.18. The van der Waals surface area contributed by atoms with Gasteiger partial charge in [-0.1, -0.05) is 35.9 Å². The quantitative estimate of drug-likeness (QED) is 0.661. The van der Waals surface area contributed by atoms with E-state index in [1.54, 1.807) is 6.20 Å². The number of nitrogens with zero attached hydrogens (tertiary/aromatic N) is 2. The van der Waals surface area contributed by atoms with Gasteiger partial charge in [-0.3, -0.25) is 9.48 Å². The monoisotopic (exact) mass is 381 g/mol. The number of ether oxygens (including phenoxy) is 1. The lowest BCUT2D eigenvalue weighted by Gasteiger charge is -2.10. The van der Waals surface area contributed by atoms with Crippen molar-refractivity contribution >= 4 is 23.2 Å². The Kier molecular flexibility index (Phi) is 5.12. The van der Waals surface area contributed by atoms with Crippen LogP contribution >= 0.6 is 11.6 Å². The molecule has 1 N–H and O–H groups in total. The molecular formula is C21H20ClN3O2. The number of aromatic nitrogens is 2. The van der Waals surface area contributed by atoms with E-state index in [0.717, 1.165) is 28.4 Å². The van der Waals surface area contributed by atoms with Crippen LogP contribution in [0.4, 0.5) is 5.69 Å². The molecule has 3 aromatic rings. The fourth-order valence-corrected chi connectivity index (χ4v) is 3.47. The highest BCUT2D eigenvalue weighted by Crippen LogP contribution is 2.50. The molecule has 0 radical (unpaired) electrons. The second kappa shape index (κ2) is 7.84. The second-order valence-electron chi connectivity index (χ2n) is 6.60. The van der Waals surface area contributed by atoms with Crippen LogP contribution < -0.4 is 10.1 Å². The van der Waals surface area contributed by atoms with Gasteiger partial charge in [0, 0.05) is 35.1 Å². The zero-order chi connectivity index (χ0) is 18.6. The van der Waals surface area contributed by atoms with Crippen molar-refractivity contribution in [1.29, 1.82) is 0 Å². The Morgan fingerprint density at radius 3 is 2.93 bits per heavy atom. The topological polar surface area (TPSA) is 56.1 Å². The highest BCUT2D eigenvalue weighted by atomic mass is 35.5. The Labute approximate surface area is 162 Å². The zero-order valence-electron chi connectivity index (χ0n) is 14.7. The third-order valence-electron chi connectivity index (χ3n) is 4.68. The number of amides is 1. The first kappa shape index (κ1) is 17.6. The maximum Gasteiger partial charge on any atom is 0.228 e. The second-order valence-corrected chi connectivity index (χ2v) is 7.01. The summed E-state index contributed by atoms with van der Waals surface area (Å²) < 4.78 is 7.57. The smallest absolute Gasteiger partial charge is 0.228 e. The maximum atomic E-state index is 12.5. The lowest BCUT2D eigenvalue weighted by molar-refractivity contribution is -0.117. The molecule has 1 saturated carbocycles. The molecule has 6 heteroatoms. The number of benzene rings is 2. The molecule has 1 aliphatic carbocycles. The van der Waals surface area contributed by atoms with E-state index >= 15 is 0 Å². The van der Waals surface area contributed by atoms with Gasteiger partial charge < -0.3 is 10.1 Å². The summed E-state index contributed by atoms with van der Waals surface area (Å²) in [7, 11) is 0. The lowest BCUT2D eigenvalue weighted by Crippen LogP contribution is -2.14. The Morgan fingerprint density at radius 2 is 2.11 bits per heavy atom. The van der Waals surface area contributed by atoms with Crippen molar-refractivity contribution in [2.45, 2.75) is 18.9 Å².